The number of amides is 1. The van der Waals surface area contributed by atoms with Crippen molar-refractivity contribution in [3.63, 3.8) is 0 Å². The SMILES string of the molecule is CCC[C@H]1COC[C@H]2CN(C(=O)Cc3ccc(Cl)cc3)CCN12. The molecule has 0 aromatic heterocycles. The Morgan fingerprint density at radius 2 is 2.04 bits per heavy atom. The predicted octanol–water partition coefficient (Wildman–Crippen LogP) is 2.59. The summed E-state index contributed by atoms with van der Waals surface area (Å²) in [5.41, 5.74) is 1.02. The molecule has 1 amide bonds. The number of piperazine rings is 1. The normalized spacial score (nSPS) is 25.2. The van der Waals surface area contributed by atoms with Gasteiger partial charge in [0.25, 0.3) is 0 Å². The zero-order valence-electron chi connectivity index (χ0n) is 13.7. The zero-order chi connectivity index (χ0) is 16.2. The van der Waals surface area contributed by atoms with Crippen LogP contribution in [-0.4, -0.2) is 60.6 Å². The number of carbonyl (C=O) groups is 1. The van der Waals surface area contributed by atoms with E-state index in [2.05, 4.69) is 11.8 Å². The number of ether oxygens (including phenoxy) is 1. The van der Waals surface area contributed by atoms with Crippen LogP contribution in [0.1, 0.15) is 25.3 Å². The quantitative estimate of drug-likeness (QED) is 0.847. The molecule has 4 nitrogen and oxygen atoms in total. The summed E-state index contributed by atoms with van der Waals surface area (Å²) >= 11 is 5.90. The molecular weight excluding hydrogens is 312 g/mol. The first-order chi connectivity index (χ1) is 11.2. The highest BCUT2D eigenvalue weighted by atomic mass is 35.5. The molecule has 2 heterocycles. The van der Waals surface area contributed by atoms with Gasteiger partial charge in [0.2, 0.25) is 5.91 Å². The van der Waals surface area contributed by atoms with Crippen molar-refractivity contribution in [2.24, 2.45) is 0 Å². The van der Waals surface area contributed by atoms with Gasteiger partial charge in [-0.2, -0.15) is 0 Å². The molecule has 2 atom stereocenters. The second kappa shape index (κ2) is 7.65. The molecule has 0 N–H and O–H groups in total. The van der Waals surface area contributed by atoms with E-state index in [9.17, 15) is 4.79 Å². The molecule has 0 unspecified atom stereocenters. The van der Waals surface area contributed by atoms with Gasteiger partial charge in [0, 0.05) is 30.7 Å². The van der Waals surface area contributed by atoms with Gasteiger partial charge in [-0.3, -0.25) is 9.69 Å². The number of carbonyl (C=O) groups excluding carboxylic acids is 1. The van der Waals surface area contributed by atoms with Crippen LogP contribution >= 0.6 is 11.6 Å². The number of morpholine rings is 1. The number of rotatable bonds is 4. The van der Waals surface area contributed by atoms with Crippen molar-refractivity contribution in [1.82, 2.24) is 9.80 Å². The van der Waals surface area contributed by atoms with Gasteiger partial charge in [0.05, 0.1) is 25.7 Å². The maximum absolute atomic E-state index is 12.6. The lowest BCUT2D eigenvalue weighted by Crippen LogP contribution is -2.62. The summed E-state index contributed by atoms with van der Waals surface area (Å²) in [6, 6.07) is 8.41. The molecule has 0 radical (unpaired) electrons. The molecule has 1 aromatic rings. The molecule has 2 aliphatic rings. The summed E-state index contributed by atoms with van der Waals surface area (Å²) in [6.07, 6.45) is 2.80. The molecule has 126 valence electrons. The number of fused-ring (bicyclic) bond motifs is 1. The van der Waals surface area contributed by atoms with E-state index in [0.29, 0.717) is 23.5 Å². The number of nitrogens with zero attached hydrogens (tertiary/aromatic N) is 2. The molecule has 3 rings (SSSR count). The monoisotopic (exact) mass is 336 g/mol. The van der Waals surface area contributed by atoms with Crippen molar-refractivity contribution < 1.29 is 9.53 Å². The first-order valence-electron chi connectivity index (χ1n) is 8.53. The summed E-state index contributed by atoms with van der Waals surface area (Å²) in [7, 11) is 0. The second-order valence-electron chi connectivity index (χ2n) is 6.51. The molecule has 2 aliphatic heterocycles. The molecule has 0 saturated carbocycles. The van der Waals surface area contributed by atoms with Crippen molar-refractivity contribution in [3.8, 4) is 0 Å². The third-order valence-electron chi connectivity index (χ3n) is 4.86. The highest BCUT2D eigenvalue weighted by Crippen LogP contribution is 2.22. The number of benzene rings is 1. The van der Waals surface area contributed by atoms with Gasteiger partial charge in [-0.15, -0.1) is 0 Å². The second-order valence-corrected chi connectivity index (χ2v) is 6.95. The first kappa shape index (κ1) is 16.7. The van der Waals surface area contributed by atoms with Crippen LogP contribution in [0.25, 0.3) is 0 Å². The first-order valence-corrected chi connectivity index (χ1v) is 8.91. The fraction of sp³-hybridized carbons (Fsp3) is 0.611. The van der Waals surface area contributed by atoms with Crippen LogP contribution in [0.5, 0.6) is 0 Å². The van der Waals surface area contributed by atoms with Crippen LogP contribution in [0.15, 0.2) is 24.3 Å². The molecular formula is C18H25ClN2O2. The van der Waals surface area contributed by atoms with Crippen molar-refractivity contribution in [2.75, 3.05) is 32.8 Å². The third-order valence-corrected chi connectivity index (χ3v) is 5.11. The van der Waals surface area contributed by atoms with Crippen LogP contribution in [-0.2, 0) is 16.0 Å². The van der Waals surface area contributed by atoms with E-state index in [1.54, 1.807) is 0 Å². The van der Waals surface area contributed by atoms with Crippen molar-refractivity contribution in [1.29, 1.82) is 0 Å². The minimum Gasteiger partial charge on any atom is -0.378 e. The Balaban J connectivity index is 1.58. The van der Waals surface area contributed by atoms with Gasteiger partial charge in [-0.05, 0) is 24.1 Å². The Bertz CT molecular complexity index is 532. The topological polar surface area (TPSA) is 32.8 Å². The third kappa shape index (κ3) is 4.06. The van der Waals surface area contributed by atoms with Gasteiger partial charge in [0.15, 0.2) is 0 Å². The highest BCUT2D eigenvalue weighted by molar-refractivity contribution is 6.30. The summed E-state index contributed by atoms with van der Waals surface area (Å²) in [5.74, 6) is 0.199. The van der Waals surface area contributed by atoms with Gasteiger partial charge in [-0.1, -0.05) is 37.1 Å². The highest BCUT2D eigenvalue weighted by Gasteiger charge is 2.36. The van der Waals surface area contributed by atoms with E-state index in [-0.39, 0.29) is 5.91 Å². The molecule has 0 spiro atoms. The lowest BCUT2D eigenvalue weighted by atomic mass is 10.0. The number of hydrogen-bond acceptors (Lipinski definition) is 3. The van der Waals surface area contributed by atoms with Crippen LogP contribution in [0.3, 0.4) is 0 Å². The molecule has 0 bridgehead atoms. The lowest BCUT2D eigenvalue weighted by Gasteiger charge is -2.48. The van der Waals surface area contributed by atoms with Gasteiger partial charge < -0.3 is 9.64 Å². The van der Waals surface area contributed by atoms with Crippen LogP contribution in [0.2, 0.25) is 5.02 Å². The Kier molecular flexibility index (Phi) is 5.57. The standard InChI is InChI=1S/C18H25ClN2O2/c1-2-3-16-12-23-13-17-11-20(8-9-21(16)17)18(22)10-14-4-6-15(19)7-5-14/h4-7,16-17H,2-3,8-13H2,1H3/t16-,17+/m0/s1. The molecule has 1 aromatic carbocycles. The largest absolute Gasteiger partial charge is 0.378 e. The van der Waals surface area contributed by atoms with Gasteiger partial charge in [-0.25, -0.2) is 0 Å². The van der Waals surface area contributed by atoms with E-state index in [0.717, 1.165) is 38.4 Å². The predicted molar refractivity (Wildman–Crippen MR) is 91.7 cm³/mol. The minimum atomic E-state index is 0.199. The fourth-order valence-corrected chi connectivity index (χ4v) is 3.76. The number of halogens is 1. The summed E-state index contributed by atoms with van der Waals surface area (Å²) in [5, 5.41) is 0.705. The molecule has 2 fully saturated rings. The van der Waals surface area contributed by atoms with Gasteiger partial charge in [0.1, 0.15) is 0 Å². The van der Waals surface area contributed by atoms with Crippen LogP contribution < -0.4 is 0 Å². The van der Waals surface area contributed by atoms with Gasteiger partial charge >= 0.3 is 0 Å². The van der Waals surface area contributed by atoms with E-state index in [4.69, 9.17) is 16.3 Å². The summed E-state index contributed by atoms with van der Waals surface area (Å²) < 4.78 is 5.77. The maximum atomic E-state index is 12.6. The summed E-state index contributed by atoms with van der Waals surface area (Å²) in [6.45, 7) is 6.37. The van der Waals surface area contributed by atoms with Crippen LogP contribution in [0, 0.1) is 0 Å². The summed E-state index contributed by atoms with van der Waals surface area (Å²) in [4.78, 5) is 17.1. The van der Waals surface area contributed by atoms with Crippen molar-refractivity contribution >= 4 is 17.5 Å². The van der Waals surface area contributed by atoms with E-state index >= 15 is 0 Å². The maximum Gasteiger partial charge on any atom is 0.227 e. The Labute approximate surface area is 143 Å². The fourth-order valence-electron chi connectivity index (χ4n) is 3.63. The van der Waals surface area contributed by atoms with E-state index in [1.807, 2.05) is 29.2 Å². The Morgan fingerprint density at radius 1 is 1.26 bits per heavy atom. The van der Waals surface area contributed by atoms with E-state index < -0.39 is 0 Å². The molecule has 2 saturated heterocycles. The molecule has 5 heteroatoms. The lowest BCUT2D eigenvalue weighted by molar-refractivity contribution is -0.139. The van der Waals surface area contributed by atoms with E-state index in [1.165, 1.54) is 12.8 Å². The smallest absolute Gasteiger partial charge is 0.227 e. The van der Waals surface area contributed by atoms with Crippen molar-refractivity contribution in [3.05, 3.63) is 34.9 Å². The Hall–Kier alpha value is -1.10. The molecule has 0 aliphatic carbocycles. The minimum absolute atomic E-state index is 0.199. The molecule has 23 heavy (non-hydrogen) atoms. The zero-order valence-corrected chi connectivity index (χ0v) is 14.5. The average Bonchev–Trinajstić information content (AvgIpc) is 2.57. The average molecular weight is 337 g/mol. The Morgan fingerprint density at radius 3 is 2.78 bits per heavy atom. The van der Waals surface area contributed by atoms with Crippen LogP contribution in [0.4, 0.5) is 0 Å². The van der Waals surface area contributed by atoms with Crippen molar-refractivity contribution in [2.45, 2.75) is 38.3 Å². The number of hydrogen-bond donors (Lipinski definition) is 0.